The maximum Gasteiger partial charge on any atom is 0.253 e. The van der Waals surface area contributed by atoms with Crippen LogP contribution in [-0.2, 0) is 10.0 Å². The van der Waals surface area contributed by atoms with E-state index in [9.17, 15) is 17.6 Å². The van der Waals surface area contributed by atoms with Gasteiger partial charge in [0.1, 0.15) is 10.7 Å². The number of nitrogens with one attached hydrogen (secondary N) is 1. The van der Waals surface area contributed by atoms with Crippen molar-refractivity contribution in [2.75, 3.05) is 26.7 Å². The SMILES string of the molecule is CNC[C@@H]1CCCN(C(=O)c2ccc(S(N)(=O)=O)c(F)c2)C1. The number of carbonyl (C=O) groups is 1. The molecule has 122 valence electrons. The lowest BCUT2D eigenvalue weighted by atomic mass is 9.97. The van der Waals surface area contributed by atoms with E-state index in [2.05, 4.69) is 5.32 Å². The molecule has 0 unspecified atom stereocenters. The number of rotatable bonds is 4. The Bertz CT molecular complexity index is 661. The van der Waals surface area contributed by atoms with Gasteiger partial charge < -0.3 is 10.2 Å². The van der Waals surface area contributed by atoms with Gasteiger partial charge in [0.25, 0.3) is 5.91 Å². The summed E-state index contributed by atoms with van der Waals surface area (Å²) in [6.07, 6.45) is 1.94. The molecule has 1 fully saturated rings. The lowest BCUT2D eigenvalue weighted by molar-refractivity contribution is 0.0673. The van der Waals surface area contributed by atoms with Gasteiger partial charge in [-0.15, -0.1) is 0 Å². The molecule has 1 aromatic rings. The molecule has 3 N–H and O–H groups in total. The highest BCUT2D eigenvalue weighted by Crippen LogP contribution is 2.20. The zero-order chi connectivity index (χ0) is 16.3. The zero-order valence-corrected chi connectivity index (χ0v) is 13.2. The van der Waals surface area contributed by atoms with Crippen LogP contribution in [0.1, 0.15) is 23.2 Å². The van der Waals surface area contributed by atoms with E-state index in [4.69, 9.17) is 5.14 Å². The van der Waals surface area contributed by atoms with Crippen LogP contribution in [0.15, 0.2) is 23.1 Å². The molecule has 0 aliphatic carbocycles. The minimum absolute atomic E-state index is 0.134. The first-order valence-electron chi connectivity index (χ1n) is 7.09. The number of primary sulfonamides is 1. The number of piperidine rings is 1. The fraction of sp³-hybridized carbons (Fsp3) is 0.500. The van der Waals surface area contributed by atoms with Crippen molar-refractivity contribution in [3.05, 3.63) is 29.6 Å². The quantitative estimate of drug-likeness (QED) is 0.843. The third kappa shape index (κ3) is 3.82. The fourth-order valence-corrected chi connectivity index (χ4v) is 3.34. The van der Waals surface area contributed by atoms with Crippen LogP contribution in [0.4, 0.5) is 4.39 Å². The molecule has 1 saturated heterocycles. The molecule has 0 saturated carbocycles. The van der Waals surface area contributed by atoms with E-state index in [0.717, 1.165) is 31.5 Å². The summed E-state index contributed by atoms with van der Waals surface area (Å²) in [7, 11) is -2.26. The normalized spacial score (nSPS) is 19.2. The summed E-state index contributed by atoms with van der Waals surface area (Å²) in [5, 5.41) is 8.00. The highest BCUT2D eigenvalue weighted by Gasteiger charge is 2.25. The number of nitrogens with zero attached hydrogens (tertiary/aromatic N) is 1. The van der Waals surface area contributed by atoms with Gasteiger partial charge in [0.05, 0.1) is 0 Å². The highest BCUT2D eigenvalue weighted by atomic mass is 32.2. The Hall–Kier alpha value is -1.51. The van der Waals surface area contributed by atoms with E-state index < -0.39 is 20.7 Å². The van der Waals surface area contributed by atoms with E-state index in [0.29, 0.717) is 19.0 Å². The summed E-state index contributed by atoms with van der Waals surface area (Å²) in [6.45, 7) is 2.05. The van der Waals surface area contributed by atoms with Crippen molar-refractivity contribution in [2.24, 2.45) is 11.1 Å². The van der Waals surface area contributed by atoms with Crippen LogP contribution >= 0.6 is 0 Å². The summed E-state index contributed by atoms with van der Waals surface area (Å²) in [4.78, 5) is 13.5. The number of amides is 1. The van der Waals surface area contributed by atoms with Gasteiger partial charge in [-0.1, -0.05) is 0 Å². The first-order valence-corrected chi connectivity index (χ1v) is 8.63. The number of halogens is 1. The standard InChI is InChI=1S/C14H20FN3O3S/c1-17-8-10-3-2-6-18(9-10)14(19)11-4-5-13(12(15)7-11)22(16,20)21/h4-5,7,10,17H,2-3,6,8-9H2,1H3,(H2,16,20,21)/t10-/m0/s1. The number of likely N-dealkylation sites (tertiary alicyclic amines) is 1. The van der Waals surface area contributed by atoms with E-state index in [1.165, 1.54) is 6.07 Å². The molecule has 1 aromatic carbocycles. The minimum Gasteiger partial charge on any atom is -0.338 e. The fourth-order valence-electron chi connectivity index (χ4n) is 2.75. The Balaban J connectivity index is 2.18. The Morgan fingerprint density at radius 3 is 2.82 bits per heavy atom. The monoisotopic (exact) mass is 329 g/mol. The zero-order valence-electron chi connectivity index (χ0n) is 12.4. The van der Waals surface area contributed by atoms with Crippen molar-refractivity contribution < 1.29 is 17.6 Å². The van der Waals surface area contributed by atoms with Crippen LogP contribution in [0.5, 0.6) is 0 Å². The van der Waals surface area contributed by atoms with E-state index >= 15 is 0 Å². The van der Waals surface area contributed by atoms with Gasteiger partial charge >= 0.3 is 0 Å². The molecule has 0 aromatic heterocycles. The number of carbonyl (C=O) groups excluding carboxylic acids is 1. The lowest BCUT2D eigenvalue weighted by Gasteiger charge is -2.32. The average molecular weight is 329 g/mol. The summed E-state index contributed by atoms with van der Waals surface area (Å²) in [5.41, 5.74) is 0.134. The first-order chi connectivity index (χ1) is 10.3. The Morgan fingerprint density at radius 1 is 1.50 bits per heavy atom. The molecule has 1 aliphatic heterocycles. The second kappa shape index (κ2) is 6.72. The van der Waals surface area contributed by atoms with Crippen molar-refractivity contribution in [3.63, 3.8) is 0 Å². The molecule has 0 spiro atoms. The third-order valence-electron chi connectivity index (χ3n) is 3.78. The van der Waals surface area contributed by atoms with E-state index in [1.54, 1.807) is 4.90 Å². The molecule has 1 amide bonds. The van der Waals surface area contributed by atoms with Crippen molar-refractivity contribution in [2.45, 2.75) is 17.7 Å². The van der Waals surface area contributed by atoms with Crippen molar-refractivity contribution in [1.29, 1.82) is 0 Å². The van der Waals surface area contributed by atoms with Gasteiger partial charge in [-0.25, -0.2) is 17.9 Å². The molecule has 0 bridgehead atoms. The van der Waals surface area contributed by atoms with Crippen LogP contribution in [-0.4, -0.2) is 45.9 Å². The van der Waals surface area contributed by atoms with Crippen molar-refractivity contribution in [1.82, 2.24) is 10.2 Å². The highest BCUT2D eigenvalue weighted by molar-refractivity contribution is 7.89. The van der Waals surface area contributed by atoms with Crippen LogP contribution in [0.3, 0.4) is 0 Å². The van der Waals surface area contributed by atoms with Gasteiger partial charge in [-0.2, -0.15) is 0 Å². The molecule has 1 atom stereocenters. The Kier molecular flexibility index (Phi) is 5.15. The molecule has 22 heavy (non-hydrogen) atoms. The number of benzene rings is 1. The molecular weight excluding hydrogens is 309 g/mol. The second-order valence-corrected chi connectivity index (χ2v) is 7.04. The summed E-state index contributed by atoms with van der Waals surface area (Å²) < 4.78 is 36.2. The van der Waals surface area contributed by atoms with Gasteiger partial charge in [-0.05, 0) is 50.6 Å². The number of nitrogens with two attached hydrogens (primary N) is 1. The third-order valence-corrected chi connectivity index (χ3v) is 4.73. The Morgan fingerprint density at radius 2 is 2.23 bits per heavy atom. The predicted octanol–water partition coefficient (Wildman–Crippen LogP) is 0.545. The minimum atomic E-state index is -4.13. The van der Waals surface area contributed by atoms with Crippen LogP contribution < -0.4 is 10.5 Å². The number of hydrogen-bond acceptors (Lipinski definition) is 4. The predicted molar refractivity (Wildman–Crippen MR) is 80.3 cm³/mol. The summed E-state index contributed by atoms with van der Waals surface area (Å²) in [6, 6.07) is 3.27. The van der Waals surface area contributed by atoms with E-state index in [-0.39, 0.29) is 11.5 Å². The molecule has 1 heterocycles. The number of sulfonamides is 1. The van der Waals surface area contributed by atoms with Crippen molar-refractivity contribution >= 4 is 15.9 Å². The van der Waals surface area contributed by atoms with Gasteiger partial charge in [0.2, 0.25) is 10.0 Å². The molecule has 0 radical (unpaired) electrons. The van der Waals surface area contributed by atoms with Gasteiger partial charge in [0.15, 0.2) is 0 Å². The molecular formula is C14H20FN3O3S. The smallest absolute Gasteiger partial charge is 0.253 e. The second-order valence-electron chi connectivity index (χ2n) is 5.51. The molecule has 2 rings (SSSR count). The summed E-state index contributed by atoms with van der Waals surface area (Å²) >= 11 is 0. The van der Waals surface area contributed by atoms with E-state index in [1.807, 2.05) is 7.05 Å². The first kappa shape index (κ1) is 16.9. The molecule has 6 nitrogen and oxygen atoms in total. The van der Waals surface area contributed by atoms with Crippen LogP contribution in [0.2, 0.25) is 0 Å². The van der Waals surface area contributed by atoms with Crippen molar-refractivity contribution in [3.8, 4) is 0 Å². The summed E-state index contributed by atoms with van der Waals surface area (Å²) in [5.74, 6) is -0.922. The number of hydrogen-bond donors (Lipinski definition) is 2. The molecule has 1 aliphatic rings. The van der Waals surface area contributed by atoms with Crippen LogP contribution in [0.25, 0.3) is 0 Å². The maximum atomic E-state index is 13.8. The Labute approximate surface area is 129 Å². The average Bonchev–Trinajstić information content (AvgIpc) is 2.45. The topological polar surface area (TPSA) is 92.5 Å². The van der Waals surface area contributed by atoms with Crippen LogP contribution in [0, 0.1) is 11.7 Å². The van der Waals surface area contributed by atoms with Gasteiger partial charge in [0, 0.05) is 18.7 Å². The largest absolute Gasteiger partial charge is 0.338 e. The van der Waals surface area contributed by atoms with Gasteiger partial charge in [-0.3, -0.25) is 4.79 Å². The maximum absolute atomic E-state index is 13.8. The lowest BCUT2D eigenvalue weighted by Crippen LogP contribution is -2.42. The molecule has 8 heteroatoms.